The predicted octanol–water partition coefficient (Wildman–Crippen LogP) is -1.33. The SMILES string of the molecule is NC(=O)C(O)CNC(=O)c1cc(O)cc(O)c1. The van der Waals surface area contributed by atoms with Gasteiger partial charge in [0.1, 0.15) is 17.6 Å². The fourth-order valence-corrected chi connectivity index (χ4v) is 1.12. The highest BCUT2D eigenvalue weighted by Crippen LogP contribution is 2.20. The largest absolute Gasteiger partial charge is 0.508 e. The molecule has 0 spiro atoms. The molecule has 2 amide bonds. The van der Waals surface area contributed by atoms with Crippen LogP contribution in [0.1, 0.15) is 10.4 Å². The molecule has 1 unspecified atom stereocenters. The fraction of sp³-hybridized carbons (Fsp3) is 0.200. The molecule has 0 aromatic heterocycles. The van der Waals surface area contributed by atoms with E-state index in [9.17, 15) is 9.59 Å². The van der Waals surface area contributed by atoms with Crippen LogP contribution in [-0.2, 0) is 4.79 Å². The van der Waals surface area contributed by atoms with E-state index in [0.717, 1.165) is 18.2 Å². The second-order valence-corrected chi connectivity index (χ2v) is 3.37. The number of rotatable bonds is 4. The Morgan fingerprint density at radius 2 is 1.76 bits per heavy atom. The summed E-state index contributed by atoms with van der Waals surface area (Å²) in [7, 11) is 0. The summed E-state index contributed by atoms with van der Waals surface area (Å²) in [5.41, 5.74) is 4.79. The van der Waals surface area contributed by atoms with Gasteiger partial charge in [0.2, 0.25) is 5.91 Å². The van der Waals surface area contributed by atoms with E-state index in [1.54, 1.807) is 0 Å². The molecule has 1 rings (SSSR count). The maximum Gasteiger partial charge on any atom is 0.251 e. The summed E-state index contributed by atoms with van der Waals surface area (Å²) in [6.07, 6.45) is -1.48. The standard InChI is InChI=1S/C10H12N2O5/c11-9(16)8(15)4-12-10(17)5-1-6(13)3-7(14)2-5/h1-3,8,13-15H,4H2,(H2,11,16)(H,12,17). The molecule has 92 valence electrons. The Kier molecular flexibility index (Phi) is 3.89. The number of phenolic OH excluding ortho intramolecular Hbond substituents is 2. The van der Waals surface area contributed by atoms with Crippen LogP contribution >= 0.6 is 0 Å². The quantitative estimate of drug-likeness (QED) is 0.445. The zero-order valence-corrected chi connectivity index (χ0v) is 8.75. The molecular weight excluding hydrogens is 228 g/mol. The molecule has 0 aliphatic rings. The summed E-state index contributed by atoms with van der Waals surface area (Å²) in [6, 6.07) is 3.33. The summed E-state index contributed by atoms with van der Waals surface area (Å²) >= 11 is 0. The zero-order valence-electron chi connectivity index (χ0n) is 8.75. The highest BCUT2D eigenvalue weighted by atomic mass is 16.3. The van der Waals surface area contributed by atoms with Gasteiger partial charge in [0.05, 0.1) is 6.54 Å². The molecule has 0 bridgehead atoms. The lowest BCUT2D eigenvalue weighted by molar-refractivity contribution is -0.125. The van der Waals surface area contributed by atoms with Crippen molar-refractivity contribution < 1.29 is 24.9 Å². The van der Waals surface area contributed by atoms with Gasteiger partial charge in [-0.3, -0.25) is 9.59 Å². The van der Waals surface area contributed by atoms with Crippen molar-refractivity contribution in [2.75, 3.05) is 6.54 Å². The van der Waals surface area contributed by atoms with E-state index in [0.29, 0.717) is 0 Å². The number of hydrogen-bond acceptors (Lipinski definition) is 5. The normalized spacial score (nSPS) is 11.8. The van der Waals surface area contributed by atoms with Crippen molar-refractivity contribution in [2.24, 2.45) is 5.73 Å². The van der Waals surface area contributed by atoms with E-state index in [2.05, 4.69) is 5.32 Å². The molecule has 17 heavy (non-hydrogen) atoms. The number of nitrogens with one attached hydrogen (secondary N) is 1. The Morgan fingerprint density at radius 1 is 1.24 bits per heavy atom. The Hall–Kier alpha value is -2.28. The number of nitrogens with two attached hydrogens (primary N) is 1. The molecule has 6 N–H and O–H groups in total. The number of hydrogen-bond donors (Lipinski definition) is 5. The number of aliphatic hydroxyl groups excluding tert-OH is 1. The van der Waals surface area contributed by atoms with Crippen molar-refractivity contribution in [1.29, 1.82) is 0 Å². The average molecular weight is 240 g/mol. The van der Waals surface area contributed by atoms with Gasteiger partial charge in [0, 0.05) is 11.6 Å². The topological polar surface area (TPSA) is 133 Å². The van der Waals surface area contributed by atoms with E-state index < -0.39 is 17.9 Å². The lowest BCUT2D eigenvalue weighted by atomic mass is 10.2. The molecule has 7 nitrogen and oxygen atoms in total. The van der Waals surface area contributed by atoms with Crippen LogP contribution in [0, 0.1) is 0 Å². The molecule has 0 aliphatic carbocycles. The second kappa shape index (κ2) is 5.17. The van der Waals surface area contributed by atoms with Crippen LogP contribution in [-0.4, -0.2) is 39.8 Å². The van der Waals surface area contributed by atoms with Gasteiger partial charge in [0.25, 0.3) is 5.91 Å². The van der Waals surface area contributed by atoms with Crippen LogP contribution in [0.15, 0.2) is 18.2 Å². The first kappa shape index (κ1) is 12.8. The third kappa shape index (κ3) is 3.65. The van der Waals surface area contributed by atoms with Crippen LogP contribution in [0.2, 0.25) is 0 Å². The molecule has 0 saturated heterocycles. The molecular formula is C10H12N2O5. The maximum atomic E-state index is 11.5. The van der Waals surface area contributed by atoms with E-state index in [4.69, 9.17) is 21.1 Å². The van der Waals surface area contributed by atoms with Crippen LogP contribution in [0.5, 0.6) is 11.5 Å². The van der Waals surface area contributed by atoms with Gasteiger partial charge >= 0.3 is 0 Å². The minimum atomic E-state index is -1.48. The van der Waals surface area contributed by atoms with Gasteiger partial charge in [-0.25, -0.2) is 0 Å². The van der Waals surface area contributed by atoms with Gasteiger partial charge < -0.3 is 26.4 Å². The first-order valence-electron chi connectivity index (χ1n) is 4.68. The number of benzene rings is 1. The van der Waals surface area contributed by atoms with E-state index >= 15 is 0 Å². The van der Waals surface area contributed by atoms with Crippen molar-refractivity contribution in [3.05, 3.63) is 23.8 Å². The summed E-state index contributed by atoms with van der Waals surface area (Å²) in [5.74, 6) is -2.16. The summed E-state index contributed by atoms with van der Waals surface area (Å²) in [4.78, 5) is 22.0. The van der Waals surface area contributed by atoms with Crippen molar-refractivity contribution in [1.82, 2.24) is 5.32 Å². The van der Waals surface area contributed by atoms with Crippen molar-refractivity contribution >= 4 is 11.8 Å². The number of phenols is 2. The van der Waals surface area contributed by atoms with Crippen LogP contribution in [0.4, 0.5) is 0 Å². The van der Waals surface area contributed by atoms with E-state index in [1.807, 2.05) is 0 Å². The molecule has 7 heteroatoms. The van der Waals surface area contributed by atoms with Crippen LogP contribution < -0.4 is 11.1 Å². The minimum Gasteiger partial charge on any atom is -0.508 e. The first-order chi connectivity index (χ1) is 7.90. The minimum absolute atomic E-state index is 0.000768. The Morgan fingerprint density at radius 3 is 2.24 bits per heavy atom. The van der Waals surface area contributed by atoms with Gasteiger partial charge in [0.15, 0.2) is 0 Å². The maximum absolute atomic E-state index is 11.5. The van der Waals surface area contributed by atoms with E-state index in [-0.39, 0.29) is 23.6 Å². The number of carbonyl (C=O) groups excluding carboxylic acids is 2. The fourth-order valence-electron chi connectivity index (χ4n) is 1.12. The monoisotopic (exact) mass is 240 g/mol. The van der Waals surface area contributed by atoms with Crippen molar-refractivity contribution in [2.45, 2.75) is 6.10 Å². The molecule has 1 aromatic rings. The number of aromatic hydroxyl groups is 2. The smallest absolute Gasteiger partial charge is 0.251 e. The van der Waals surface area contributed by atoms with Gasteiger partial charge in [-0.15, -0.1) is 0 Å². The number of carbonyl (C=O) groups is 2. The zero-order chi connectivity index (χ0) is 13.0. The summed E-state index contributed by atoms with van der Waals surface area (Å²) in [6.45, 7) is -0.343. The highest BCUT2D eigenvalue weighted by Gasteiger charge is 2.14. The average Bonchev–Trinajstić information content (AvgIpc) is 2.23. The summed E-state index contributed by atoms with van der Waals surface area (Å²) < 4.78 is 0. The predicted molar refractivity (Wildman–Crippen MR) is 57.3 cm³/mol. The van der Waals surface area contributed by atoms with Crippen molar-refractivity contribution in [3.8, 4) is 11.5 Å². The van der Waals surface area contributed by atoms with Gasteiger partial charge in [-0.05, 0) is 12.1 Å². The number of aliphatic hydroxyl groups is 1. The van der Waals surface area contributed by atoms with Gasteiger partial charge in [-0.2, -0.15) is 0 Å². The first-order valence-corrected chi connectivity index (χ1v) is 4.68. The molecule has 0 aliphatic heterocycles. The highest BCUT2D eigenvalue weighted by molar-refractivity contribution is 5.95. The van der Waals surface area contributed by atoms with Crippen LogP contribution in [0.3, 0.4) is 0 Å². The number of amides is 2. The van der Waals surface area contributed by atoms with Gasteiger partial charge in [-0.1, -0.05) is 0 Å². The van der Waals surface area contributed by atoms with Crippen molar-refractivity contribution in [3.63, 3.8) is 0 Å². The molecule has 0 radical (unpaired) electrons. The molecule has 0 heterocycles. The third-order valence-electron chi connectivity index (χ3n) is 1.95. The molecule has 1 atom stereocenters. The molecule has 0 saturated carbocycles. The Labute approximate surface area is 96.5 Å². The lowest BCUT2D eigenvalue weighted by Gasteiger charge is -2.08. The van der Waals surface area contributed by atoms with E-state index in [1.165, 1.54) is 0 Å². The lowest BCUT2D eigenvalue weighted by Crippen LogP contribution is -2.39. The Bertz CT molecular complexity index is 426. The van der Waals surface area contributed by atoms with Crippen LogP contribution in [0.25, 0.3) is 0 Å². The summed E-state index contributed by atoms with van der Waals surface area (Å²) in [5, 5.41) is 29.6. The molecule has 1 aromatic carbocycles. The second-order valence-electron chi connectivity index (χ2n) is 3.37. The molecule has 0 fully saturated rings. The third-order valence-corrected chi connectivity index (χ3v) is 1.95. The Balaban J connectivity index is 2.67. The number of primary amides is 1.